The lowest BCUT2D eigenvalue weighted by Gasteiger charge is -1.97. The summed E-state index contributed by atoms with van der Waals surface area (Å²) in [5, 5.41) is 0. The van der Waals surface area contributed by atoms with Gasteiger partial charge in [0.2, 0.25) is 0 Å². The molecule has 0 atom stereocenters. The van der Waals surface area contributed by atoms with Crippen LogP contribution in [-0.2, 0) is 7.05 Å². The molecule has 0 spiro atoms. The molecule has 2 aromatic heterocycles. The van der Waals surface area contributed by atoms with Crippen molar-refractivity contribution in [3.63, 3.8) is 0 Å². The minimum absolute atomic E-state index is 0. The SMILES string of the molecule is C[n+]1ccc(-c2ccncc2)cc1.[Cl-]. The van der Waals surface area contributed by atoms with Crippen LogP contribution >= 0.6 is 0 Å². The third-order valence-corrected chi connectivity index (χ3v) is 1.99. The molecule has 0 N–H and O–H groups in total. The van der Waals surface area contributed by atoms with Gasteiger partial charge in [-0.15, -0.1) is 0 Å². The van der Waals surface area contributed by atoms with Crippen LogP contribution in [-0.4, -0.2) is 4.98 Å². The number of aromatic nitrogens is 2. The van der Waals surface area contributed by atoms with Crippen LogP contribution in [0.1, 0.15) is 0 Å². The summed E-state index contributed by atoms with van der Waals surface area (Å²) in [4.78, 5) is 3.98. The fraction of sp³-hybridized carbons (Fsp3) is 0.0909. The Morgan fingerprint density at radius 1 is 0.929 bits per heavy atom. The maximum absolute atomic E-state index is 3.98. The smallest absolute Gasteiger partial charge is 0.169 e. The molecule has 72 valence electrons. The molecule has 0 fully saturated rings. The van der Waals surface area contributed by atoms with Crippen molar-refractivity contribution in [1.82, 2.24) is 4.98 Å². The first kappa shape index (κ1) is 10.7. The summed E-state index contributed by atoms with van der Waals surface area (Å²) in [5.74, 6) is 0. The van der Waals surface area contributed by atoms with Crippen LogP contribution in [0.5, 0.6) is 0 Å². The summed E-state index contributed by atoms with van der Waals surface area (Å²) in [6.07, 6.45) is 7.69. The monoisotopic (exact) mass is 206 g/mol. The molecule has 0 amide bonds. The first-order chi connectivity index (χ1) is 6.36. The summed E-state index contributed by atoms with van der Waals surface area (Å²) < 4.78 is 2.02. The lowest BCUT2D eigenvalue weighted by atomic mass is 10.1. The third-order valence-electron chi connectivity index (χ3n) is 1.99. The largest absolute Gasteiger partial charge is 1.00 e. The number of rotatable bonds is 1. The van der Waals surface area contributed by atoms with E-state index in [1.54, 1.807) is 0 Å². The zero-order chi connectivity index (χ0) is 9.10. The molecule has 0 saturated heterocycles. The lowest BCUT2D eigenvalue weighted by Crippen LogP contribution is -3.00. The van der Waals surface area contributed by atoms with Crippen molar-refractivity contribution in [2.75, 3.05) is 0 Å². The molecule has 2 aromatic rings. The van der Waals surface area contributed by atoms with Gasteiger partial charge in [0, 0.05) is 24.5 Å². The number of nitrogens with zero attached hydrogens (tertiary/aromatic N) is 2. The maximum atomic E-state index is 3.98. The molecular weight excluding hydrogens is 196 g/mol. The topological polar surface area (TPSA) is 16.8 Å². The van der Waals surface area contributed by atoms with Gasteiger partial charge in [0.1, 0.15) is 7.05 Å². The Morgan fingerprint density at radius 2 is 1.43 bits per heavy atom. The van der Waals surface area contributed by atoms with E-state index < -0.39 is 0 Å². The number of halogens is 1. The Balaban J connectivity index is 0.000000980. The van der Waals surface area contributed by atoms with Crippen molar-refractivity contribution in [3.05, 3.63) is 49.1 Å². The normalized spacial score (nSPS) is 9.21. The fourth-order valence-corrected chi connectivity index (χ4v) is 1.24. The highest BCUT2D eigenvalue weighted by Crippen LogP contribution is 2.15. The van der Waals surface area contributed by atoms with Gasteiger partial charge in [-0.1, -0.05) is 0 Å². The van der Waals surface area contributed by atoms with E-state index in [4.69, 9.17) is 0 Å². The van der Waals surface area contributed by atoms with Crippen LogP contribution in [0.2, 0.25) is 0 Å². The van der Waals surface area contributed by atoms with Gasteiger partial charge in [0.05, 0.1) is 0 Å². The lowest BCUT2D eigenvalue weighted by molar-refractivity contribution is -0.671. The number of aryl methyl sites for hydroxylation is 1. The molecule has 0 unspecified atom stereocenters. The van der Waals surface area contributed by atoms with Crippen LogP contribution in [0.15, 0.2) is 49.1 Å². The molecule has 2 nitrogen and oxygen atoms in total. The molecule has 0 aliphatic rings. The van der Waals surface area contributed by atoms with Crippen molar-refractivity contribution in [1.29, 1.82) is 0 Å². The van der Waals surface area contributed by atoms with E-state index >= 15 is 0 Å². The molecule has 2 heterocycles. The first-order valence-electron chi connectivity index (χ1n) is 4.22. The van der Waals surface area contributed by atoms with Crippen molar-refractivity contribution < 1.29 is 17.0 Å². The van der Waals surface area contributed by atoms with E-state index in [-0.39, 0.29) is 12.4 Å². The number of hydrogen-bond donors (Lipinski definition) is 0. The van der Waals surface area contributed by atoms with Gasteiger partial charge in [-0.25, -0.2) is 4.57 Å². The highest BCUT2D eigenvalue weighted by Gasteiger charge is 1.97. The highest BCUT2D eigenvalue weighted by atomic mass is 35.5. The summed E-state index contributed by atoms with van der Waals surface area (Å²) in [6.45, 7) is 0. The summed E-state index contributed by atoms with van der Waals surface area (Å²) in [6, 6.07) is 8.20. The molecule has 3 heteroatoms. The van der Waals surface area contributed by atoms with E-state index in [1.165, 1.54) is 11.1 Å². The number of pyridine rings is 2. The summed E-state index contributed by atoms with van der Waals surface area (Å²) in [5.41, 5.74) is 2.43. The Hall–Kier alpha value is -1.41. The zero-order valence-electron chi connectivity index (χ0n) is 7.89. The molecule has 0 radical (unpaired) electrons. The van der Waals surface area contributed by atoms with Crippen LogP contribution < -0.4 is 17.0 Å². The average molecular weight is 207 g/mol. The van der Waals surface area contributed by atoms with E-state index in [0.717, 1.165) is 0 Å². The summed E-state index contributed by atoms with van der Waals surface area (Å²) in [7, 11) is 2.01. The second kappa shape index (κ2) is 4.72. The van der Waals surface area contributed by atoms with Crippen LogP contribution in [0, 0.1) is 0 Å². The van der Waals surface area contributed by atoms with Crippen molar-refractivity contribution >= 4 is 0 Å². The highest BCUT2D eigenvalue weighted by molar-refractivity contribution is 5.61. The molecule has 0 aliphatic carbocycles. The third kappa shape index (κ3) is 2.30. The predicted molar refractivity (Wildman–Crippen MR) is 50.8 cm³/mol. The zero-order valence-corrected chi connectivity index (χ0v) is 8.65. The Bertz CT molecular complexity index is 384. The van der Waals surface area contributed by atoms with Gasteiger partial charge in [-0.05, 0) is 23.3 Å². The van der Waals surface area contributed by atoms with Gasteiger partial charge < -0.3 is 12.4 Å². The van der Waals surface area contributed by atoms with Crippen LogP contribution in [0.4, 0.5) is 0 Å². The van der Waals surface area contributed by atoms with Gasteiger partial charge in [0.15, 0.2) is 12.4 Å². The average Bonchev–Trinajstić information content (AvgIpc) is 2.20. The van der Waals surface area contributed by atoms with E-state index in [0.29, 0.717) is 0 Å². The van der Waals surface area contributed by atoms with Gasteiger partial charge in [-0.3, -0.25) is 4.98 Å². The standard InChI is InChI=1S/C11H11N2.ClH/c1-13-8-4-11(5-9-13)10-2-6-12-7-3-10;/h2-9H,1H3;1H/q+1;/p-1. The summed E-state index contributed by atoms with van der Waals surface area (Å²) >= 11 is 0. The maximum Gasteiger partial charge on any atom is 0.169 e. The molecule has 0 bridgehead atoms. The van der Waals surface area contributed by atoms with Crippen molar-refractivity contribution in [2.24, 2.45) is 7.05 Å². The second-order valence-corrected chi connectivity index (χ2v) is 2.99. The van der Waals surface area contributed by atoms with E-state index in [9.17, 15) is 0 Å². The van der Waals surface area contributed by atoms with Crippen molar-refractivity contribution in [3.8, 4) is 11.1 Å². The molecule has 2 rings (SSSR count). The molecular formula is C11H11ClN2. The Morgan fingerprint density at radius 3 is 2.00 bits per heavy atom. The van der Waals surface area contributed by atoms with Crippen molar-refractivity contribution in [2.45, 2.75) is 0 Å². The molecule has 0 aromatic carbocycles. The van der Waals surface area contributed by atoms with E-state index in [2.05, 4.69) is 17.1 Å². The molecule has 0 aliphatic heterocycles. The van der Waals surface area contributed by atoms with Gasteiger partial charge in [-0.2, -0.15) is 0 Å². The van der Waals surface area contributed by atoms with Crippen LogP contribution in [0.25, 0.3) is 11.1 Å². The Labute approximate surface area is 89.7 Å². The van der Waals surface area contributed by atoms with Gasteiger partial charge in [0.25, 0.3) is 0 Å². The Kier molecular flexibility index (Phi) is 3.60. The number of hydrogen-bond acceptors (Lipinski definition) is 1. The van der Waals surface area contributed by atoms with E-state index in [1.807, 2.05) is 48.5 Å². The molecule has 14 heavy (non-hydrogen) atoms. The quantitative estimate of drug-likeness (QED) is 0.524. The molecule has 0 saturated carbocycles. The fourth-order valence-electron chi connectivity index (χ4n) is 1.24. The second-order valence-electron chi connectivity index (χ2n) is 2.99. The van der Waals surface area contributed by atoms with Gasteiger partial charge >= 0.3 is 0 Å². The minimum atomic E-state index is 0. The predicted octanol–water partition coefficient (Wildman–Crippen LogP) is -1.42. The minimum Gasteiger partial charge on any atom is -1.00 e. The first-order valence-corrected chi connectivity index (χ1v) is 4.22. The van der Waals surface area contributed by atoms with Crippen LogP contribution in [0.3, 0.4) is 0 Å².